The molecule has 2 N–H and O–H groups in total. The Morgan fingerprint density at radius 1 is 1.31 bits per heavy atom. The van der Waals surface area contributed by atoms with Crippen molar-refractivity contribution in [3.8, 4) is 5.88 Å². The van der Waals surface area contributed by atoms with Gasteiger partial charge in [-0.3, -0.25) is 4.79 Å². The normalized spacial score (nSPS) is 16.6. The Hall–Kier alpha value is -2.48. The van der Waals surface area contributed by atoms with E-state index < -0.39 is 17.3 Å². The molecular weight excluding hydrogens is 408 g/mol. The quantitative estimate of drug-likeness (QED) is 0.695. The van der Waals surface area contributed by atoms with Crippen molar-refractivity contribution < 1.29 is 24.1 Å². The van der Waals surface area contributed by atoms with Crippen molar-refractivity contribution in [3.05, 3.63) is 52.2 Å². The Kier molecular flexibility index (Phi) is 6.93. The number of nitrogens with one attached hydrogen (secondary N) is 1. The number of aryl methyl sites for hydroxylation is 1. The molecule has 1 amide bonds. The number of carbonyl (C=O) groups excluding carboxylic acids is 1. The minimum atomic E-state index is -1.01. The molecule has 1 atom stereocenters. The lowest BCUT2D eigenvalue weighted by Gasteiger charge is -2.27. The minimum Gasteiger partial charge on any atom is -0.479 e. The molecule has 3 rings (SSSR count). The first-order valence-corrected chi connectivity index (χ1v) is 11.0. The Morgan fingerprint density at radius 3 is 2.53 bits per heavy atom. The third kappa shape index (κ3) is 4.65. The molecule has 7 nitrogen and oxygen atoms in total. The lowest BCUT2D eigenvalue weighted by molar-refractivity contribution is -0.149. The minimum absolute atomic E-state index is 0.189. The van der Waals surface area contributed by atoms with Gasteiger partial charge in [0.15, 0.2) is 5.79 Å². The summed E-state index contributed by atoms with van der Waals surface area (Å²) in [7, 11) is 1.51. The molecule has 1 unspecified atom stereocenters. The summed E-state index contributed by atoms with van der Waals surface area (Å²) in [6, 6.07) is 7.52. The van der Waals surface area contributed by atoms with Crippen molar-refractivity contribution in [2.24, 2.45) is 5.41 Å². The van der Waals surface area contributed by atoms with Crippen LogP contribution < -0.4 is 10.1 Å². The summed E-state index contributed by atoms with van der Waals surface area (Å²) >= 11 is 0. The number of amides is 1. The number of ether oxygens (including phenoxy) is 3. The van der Waals surface area contributed by atoms with E-state index in [0.717, 1.165) is 16.8 Å². The van der Waals surface area contributed by atoms with Crippen molar-refractivity contribution in [3.63, 3.8) is 0 Å². The van der Waals surface area contributed by atoms with Gasteiger partial charge in [-0.25, -0.2) is 4.98 Å². The van der Waals surface area contributed by atoms with E-state index in [0.29, 0.717) is 36.4 Å². The first-order valence-electron chi connectivity index (χ1n) is 11.0. The van der Waals surface area contributed by atoms with Crippen molar-refractivity contribution in [1.29, 1.82) is 0 Å². The number of aliphatic hydroxyl groups excluding tert-OH is 1. The predicted octanol–water partition coefficient (Wildman–Crippen LogP) is 4.25. The van der Waals surface area contributed by atoms with Crippen LogP contribution in [0.25, 0.3) is 0 Å². The SMILES string of the molecule is CCc1c(C)nc(OC)c(NC(=O)C(C)(C)C)c1C(O)c1cccc(C2(C)OCCO2)c1. The molecule has 1 saturated heterocycles. The highest BCUT2D eigenvalue weighted by Gasteiger charge is 2.34. The molecule has 0 saturated carbocycles. The molecule has 2 heterocycles. The van der Waals surface area contributed by atoms with Gasteiger partial charge in [-0.1, -0.05) is 45.9 Å². The largest absolute Gasteiger partial charge is 0.479 e. The number of rotatable bonds is 6. The molecule has 0 spiro atoms. The molecule has 1 aliphatic heterocycles. The van der Waals surface area contributed by atoms with Crippen LogP contribution >= 0.6 is 0 Å². The monoisotopic (exact) mass is 442 g/mol. The maximum atomic E-state index is 12.9. The summed E-state index contributed by atoms with van der Waals surface area (Å²) in [5, 5.41) is 14.5. The highest BCUT2D eigenvalue weighted by molar-refractivity contribution is 5.96. The Labute approximate surface area is 190 Å². The fourth-order valence-corrected chi connectivity index (χ4v) is 3.89. The molecule has 1 aromatic carbocycles. The number of methoxy groups -OCH3 is 1. The van der Waals surface area contributed by atoms with Crippen molar-refractivity contribution >= 4 is 11.6 Å². The molecule has 0 bridgehead atoms. The van der Waals surface area contributed by atoms with Gasteiger partial charge in [0.05, 0.1) is 20.3 Å². The van der Waals surface area contributed by atoms with Gasteiger partial charge >= 0.3 is 0 Å². The van der Waals surface area contributed by atoms with E-state index in [1.54, 1.807) is 0 Å². The number of pyridine rings is 1. The molecule has 1 fully saturated rings. The number of aromatic nitrogens is 1. The zero-order valence-corrected chi connectivity index (χ0v) is 20.0. The van der Waals surface area contributed by atoms with Gasteiger partial charge in [0.1, 0.15) is 11.8 Å². The Bertz CT molecular complexity index is 991. The third-order valence-corrected chi connectivity index (χ3v) is 5.82. The molecule has 1 aromatic heterocycles. The van der Waals surface area contributed by atoms with E-state index in [-0.39, 0.29) is 11.8 Å². The van der Waals surface area contributed by atoms with Gasteiger partial charge in [-0.15, -0.1) is 0 Å². The maximum Gasteiger partial charge on any atom is 0.238 e. The van der Waals surface area contributed by atoms with Crippen LogP contribution in [0.2, 0.25) is 0 Å². The molecule has 0 radical (unpaired) electrons. The maximum absolute atomic E-state index is 12.9. The van der Waals surface area contributed by atoms with E-state index in [1.165, 1.54) is 7.11 Å². The lowest BCUT2D eigenvalue weighted by Crippen LogP contribution is -2.29. The van der Waals surface area contributed by atoms with Crippen LogP contribution in [0.3, 0.4) is 0 Å². The van der Waals surface area contributed by atoms with Crippen LogP contribution in [-0.4, -0.2) is 36.3 Å². The van der Waals surface area contributed by atoms with Gasteiger partial charge in [0.2, 0.25) is 11.8 Å². The lowest BCUT2D eigenvalue weighted by atomic mass is 9.90. The number of hydrogen-bond donors (Lipinski definition) is 2. The second kappa shape index (κ2) is 9.17. The molecule has 0 aliphatic carbocycles. The molecule has 32 heavy (non-hydrogen) atoms. The van der Waals surface area contributed by atoms with Crippen LogP contribution in [0, 0.1) is 12.3 Å². The molecule has 174 valence electrons. The molecule has 2 aromatic rings. The van der Waals surface area contributed by atoms with Crippen LogP contribution in [0.15, 0.2) is 24.3 Å². The summed E-state index contributed by atoms with van der Waals surface area (Å²) in [6.45, 7) is 12.3. The van der Waals surface area contributed by atoms with E-state index in [4.69, 9.17) is 14.2 Å². The average molecular weight is 443 g/mol. The highest BCUT2D eigenvalue weighted by atomic mass is 16.7. The van der Waals surface area contributed by atoms with Gasteiger partial charge in [-0.2, -0.15) is 0 Å². The van der Waals surface area contributed by atoms with Crippen molar-refractivity contribution in [2.45, 2.75) is 59.9 Å². The smallest absolute Gasteiger partial charge is 0.238 e. The number of anilines is 1. The first kappa shape index (κ1) is 24.2. The van der Waals surface area contributed by atoms with E-state index >= 15 is 0 Å². The standard InChI is InChI=1S/C25H34N2O5/c1-8-18-15(2)26-22(30-7)20(27-23(29)24(3,4)5)19(18)21(28)16-10-9-11-17(14-16)25(6)31-12-13-32-25/h9-11,14,21,28H,8,12-13H2,1-7H3,(H,27,29). The number of hydrogen-bond acceptors (Lipinski definition) is 6. The molecule has 1 aliphatic rings. The second-order valence-corrected chi connectivity index (χ2v) is 9.20. The van der Waals surface area contributed by atoms with E-state index in [1.807, 2.05) is 65.8 Å². The number of aliphatic hydroxyl groups is 1. The topological polar surface area (TPSA) is 89.9 Å². The van der Waals surface area contributed by atoms with Crippen molar-refractivity contribution in [1.82, 2.24) is 4.98 Å². The van der Waals surface area contributed by atoms with Crippen LogP contribution in [0.4, 0.5) is 5.69 Å². The third-order valence-electron chi connectivity index (χ3n) is 5.82. The van der Waals surface area contributed by atoms with Crippen LogP contribution in [-0.2, 0) is 26.5 Å². The fourth-order valence-electron chi connectivity index (χ4n) is 3.89. The Balaban J connectivity index is 2.15. The first-order chi connectivity index (χ1) is 15.0. The zero-order valence-electron chi connectivity index (χ0n) is 20.0. The van der Waals surface area contributed by atoms with Gasteiger partial charge in [-0.05, 0) is 37.5 Å². The summed E-state index contributed by atoms with van der Waals surface area (Å²) in [5.41, 5.74) is 3.46. The average Bonchev–Trinajstić information content (AvgIpc) is 3.21. The van der Waals surface area contributed by atoms with Gasteiger partial charge < -0.3 is 24.6 Å². The van der Waals surface area contributed by atoms with Gasteiger partial charge in [0, 0.05) is 22.2 Å². The summed E-state index contributed by atoms with van der Waals surface area (Å²) in [5.74, 6) is -0.763. The second-order valence-electron chi connectivity index (χ2n) is 9.20. The molecule has 7 heteroatoms. The number of carbonyl (C=O) groups is 1. The van der Waals surface area contributed by atoms with Crippen LogP contribution in [0.1, 0.15) is 68.7 Å². The summed E-state index contributed by atoms with van der Waals surface area (Å²) < 4.78 is 17.1. The van der Waals surface area contributed by atoms with E-state index in [2.05, 4.69) is 10.3 Å². The Morgan fingerprint density at radius 2 is 1.97 bits per heavy atom. The van der Waals surface area contributed by atoms with E-state index in [9.17, 15) is 9.90 Å². The number of nitrogens with zero attached hydrogens (tertiary/aromatic N) is 1. The zero-order chi connectivity index (χ0) is 23.7. The molecular formula is C25H34N2O5. The van der Waals surface area contributed by atoms with Crippen LogP contribution in [0.5, 0.6) is 5.88 Å². The summed E-state index contributed by atoms with van der Waals surface area (Å²) in [6.07, 6.45) is -0.377. The highest BCUT2D eigenvalue weighted by Crippen LogP contribution is 2.40. The number of benzene rings is 1. The van der Waals surface area contributed by atoms with Crippen molar-refractivity contribution in [2.75, 3.05) is 25.6 Å². The summed E-state index contributed by atoms with van der Waals surface area (Å²) in [4.78, 5) is 17.4. The fraction of sp³-hybridized carbons (Fsp3) is 0.520. The van der Waals surface area contributed by atoms with Gasteiger partial charge in [0.25, 0.3) is 0 Å². The predicted molar refractivity (Wildman–Crippen MR) is 123 cm³/mol.